The molecule has 11 atom stereocenters. The lowest BCUT2D eigenvalue weighted by Gasteiger charge is -2.22. The van der Waals surface area contributed by atoms with Crippen molar-refractivity contribution in [1.29, 1.82) is 0 Å². The molecule has 72 heavy (non-hydrogen) atoms. The number of hydrogen-bond acceptors (Lipinski definition) is 10. The van der Waals surface area contributed by atoms with Gasteiger partial charge in [-0.3, -0.25) is 9.59 Å². The Hall–Kier alpha value is -1.30. The fourth-order valence-corrected chi connectivity index (χ4v) is 11.9. The zero-order valence-corrected chi connectivity index (χ0v) is 47.4. The van der Waals surface area contributed by atoms with Crippen molar-refractivity contribution in [3.8, 4) is 0 Å². The molecular formula is C62H113NO9. The Bertz CT molecular complexity index is 1360. The standard InChI is InChI=1S/C62H113NO9/c1-6-19-48(4)28-38-69-61(70-39-29-49(5)20-21-50-22-23-50)26-24-59(65)67-36-17-11-9-13-32-63(34-15-16-35-64)33-14-10-12-18-37-68-60(66)25-27-62(71-40-30-53-44-57(53)46-55-42-51(55)7-2)72-41-31-54-45-58(54)47-56-43-52(56)8-3/h48-58,61-62,64H,6-47H2,1-5H3. The SMILES string of the molecule is CCCC(C)CCOC(CCC(=O)OCCCCCCN(CCCCO)CCCCCCOC(=O)CCC(OCCC1CC1CC1CC1CC)OCCC1CC1CC1CC1CC)OCCC(C)CCC1CC1. The first-order valence-electron chi connectivity index (χ1n) is 31.3. The predicted octanol–water partition coefficient (Wildman–Crippen LogP) is 14.5. The topological polar surface area (TPSA) is 113 Å². The molecule has 0 aromatic carbocycles. The van der Waals surface area contributed by atoms with E-state index in [0.717, 1.165) is 176 Å². The minimum absolute atomic E-state index is 0.133. The van der Waals surface area contributed by atoms with Crippen LogP contribution in [0.15, 0.2) is 0 Å². The molecule has 10 heteroatoms. The molecule has 0 aliphatic heterocycles. The van der Waals surface area contributed by atoms with Crippen LogP contribution in [0.2, 0.25) is 0 Å². The number of ether oxygens (including phenoxy) is 6. The third-order valence-corrected chi connectivity index (χ3v) is 17.8. The Morgan fingerprint density at radius 2 is 0.903 bits per heavy atom. The highest BCUT2D eigenvalue weighted by Gasteiger charge is 2.45. The highest BCUT2D eigenvalue weighted by molar-refractivity contribution is 5.69. The van der Waals surface area contributed by atoms with Crippen LogP contribution in [0.1, 0.15) is 240 Å². The van der Waals surface area contributed by atoms with Crippen LogP contribution in [0.4, 0.5) is 0 Å². The molecule has 0 aromatic heterocycles. The third-order valence-electron chi connectivity index (χ3n) is 17.8. The number of esters is 2. The Morgan fingerprint density at radius 3 is 1.35 bits per heavy atom. The summed E-state index contributed by atoms with van der Waals surface area (Å²) in [6.07, 6.45) is 34.7. The first kappa shape index (κ1) is 61.6. The van der Waals surface area contributed by atoms with Crippen LogP contribution in [0.3, 0.4) is 0 Å². The van der Waals surface area contributed by atoms with Crippen molar-refractivity contribution in [2.75, 3.05) is 65.9 Å². The summed E-state index contributed by atoms with van der Waals surface area (Å²) in [7, 11) is 0. The Kier molecular flexibility index (Phi) is 31.4. The van der Waals surface area contributed by atoms with E-state index in [4.69, 9.17) is 28.4 Å². The van der Waals surface area contributed by atoms with Gasteiger partial charge in [0.25, 0.3) is 0 Å². The van der Waals surface area contributed by atoms with E-state index in [1.165, 1.54) is 89.9 Å². The van der Waals surface area contributed by atoms with Gasteiger partial charge in [-0.15, -0.1) is 0 Å². The minimum atomic E-state index is -0.346. The molecule has 5 saturated carbocycles. The normalized spacial score (nSPS) is 25.8. The van der Waals surface area contributed by atoms with E-state index in [0.29, 0.717) is 63.9 Å². The van der Waals surface area contributed by atoms with Gasteiger partial charge in [0.2, 0.25) is 0 Å². The quantitative estimate of drug-likeness (QED) is 0.0359. The number of carbonyl (C=O) groups is 2. The molecule has 0 bridgehead atoms. The maximum Gasteiger partial charge on any atom is 0.305 e. The van der Waals surface area contributed by atoms with E-state index >= 15 is 0 Å². The Balaban J connectivity index is 0.866. The molecule has 10 nitrogen and oxygen atoms in total. The smallest absolute Gasteiger partial charge is 0.305 e. The van der Waals surface area contributed by atoms with Crippen molar-refractivity contribution >= 4 is 11.9 Å². The van der Waals surface area contributed by atoms with Gasteiger partial charge in [0.15, 0.2) is 12.6 Å². The molecule has 0 heterocycles. The van der Waals surface area contributed by atoms with E-state index in [-0.39, 0.29) is 31.1 Å². The molecule has 5 aliphatic carbocycles. The van der Waals surface area contributed by atoms with Crippen LogP contribution < -0.4 is 0 Å². The molecule has 420 valence electrons. The molecule has 5 aliphatic rings. The van der Waals surface area contributed by atoms with Crippen molar-refractivity contribution in [2.24, 2.45) is 65.1 Å². The second-order valence-corrected chi connectivity index (χ2v) is 24.4. The number of aliphatic hydroxyl groups is 1. The van der Waals surface area contributed by atoms with Gasteiger partial charge in [-0.2, -0.15) is 0 Å². The van der Waals surface area contributed by atoms with E-state index in [1.807, 2.05) is 0 Å². The monoisotopic (exact) mass is 1020 g/mol. The van der Waals surface area contributed by atoms with Crippen LogP contribution >= 0.6 is 0 Å². The van der Waals surface area contributed by atoms with Gasteiger partial charge in [0.1, 0.15) is 0 Å². The predicted molar refractivity (Wildman–Crippen MR) is 291 cm³/mol. The van der Waals surface area contributed by atoms with E-state index in [2.05, 4.69) is 39.5 Å². The summed E-state index contributed by atoms with van der Waals surface area (Å²) in [6, 6.07) is 0. The van der Waals surface area contributed by atoms with E-state index in [1.54, 1.807) is 0 Å². The third kappa shape index (κ3) is 28.7. The number of hydrogen-bond donors (Lipinski definition) is 1. The largest absolute Gasteiger partial charge is 0.466 e. The number of unbranched alkanes of at least 4 members (excludes halogenated alkanes) is 7. The molecule has 0 aromatic rings. The molecule has 0 amide bonds. The first-order chi connectivity index (χ1) is 35.2. The molecule has 5 fully saturated rings. The van der Waals surface area contributed by atoms with Crippen LogP contribution in [-0.4, -0.2) is 100 Å². The molecular weight excluding hydrogens is 903 g/mol. The summed E-state index contributed by atoms with van der Waals surface area (Å²) in [5, 5.41) is 9.41. The van der Waals surface area contributed by atoms with Gasteiger partial charge in [0.05, 0.1) is 39.3 Å². The highest BCUT2D eigenvalue weighted by atomic mass is 16.7. The lowest BCUT2D eigenvalue weighted by atomic mass is 10.0. The summed E-state index contributed by atoms with van der Waals surface area (Å²) in [6.45, 7) is 18.7. The van der Waals surface area contributed by atoms with Crippen molar-refractivity contribution in [2.45, 2.75) is 253 Å². The number of nitrogens with zero attached hydrogens (tertiary/aromatic N) is 1. The van der Waals surface area contributed by atoms with Gasteiger partial charge in [0, 0.05) is 32.7 Å². The van der Waals surface area contributed by atoms with Crippen LogP contribution in [-0.2, 0) is 38.0 Å². The fraction of sp³-hybridized carbons (Fsp3) is 0.968. The summed E-state index contributed by atoms with van der Waals surface area (Å²) < 4.78 is 36.4. The fourth-order valence-electron chi connectivity index (χ4n) is 11.9. The van der Waals surface area contributed by atoms with Gasteiger partial charge < -0.3 is 38.4 Å². The van der Waals surface area contributed by atoms with Crippen LogP contribution in [0.5, 0.6) is 0 Å². The summed E-state index contributed by atoms with van der Waals surface area (Å²) in [5.74, 6) is 9.42. The Morgan fingerprint density at radius 1 is 0.472 bits per heavy atom. The second-order valence-electron chi connectivity index (χ2n) is 24.4. The first-order valence-corrected chi connectivity index (χ1v) is 31.3. The van der Waals surface area contributed by atoms with Crippen molar-refractivity contribution in [3.63, 3.8) is 0 Å². The maximum atomic E-state index is 12.8. The maximum absolute atomic E-state index is 12.8. The molecule has 0 saturated heterocycles. The number of rotatable bonds is 51. The zero-order valence-electron chi connectivity index (χ0n) is 47.4. The average Bonchev–Trinajstić information content (AvgIpc) is 4.11. The van der Waals surface area contributed by atoms with Gasteiger partial charge >= 0.3 is 11.9 Å². The van der Waals surface area contributed by atoms with Crippen molar-refractivity contribution in [3.05, 3.63) is 0 Å². The van der Waals surface area contributed by atoms with Gasteiger partial charge in [-0.1, -0.05) is 112 Å². The summed E-state index contributed by atoms with van der Waals surface area (Å²) in [5.41, 5.74) is 0. The highest BCUT2D eigenvalue weighted by Crippen LogP contribution is 2.55. The minimum Gasteiger partial charge on any atom is -0.466 e. The van der Waals surface area contributed by atoms with Gasteiger partial charge in [-0.25, -0.2) is 0 Å². The molecule has 0 radical (unpaired) electrons. The van der Waals surface area contributed by atoms with Crippen molar-refractivity contribution in [1.82, 2.24) is 4.90 Å². The second kappa shape index (κ2) is 36.7. The number of aliphatic hydroxyl groups excluding tert-OH is 1. The lowest BCUT2D eigenvalue weighted by Crippen LogP contribution is -2.27. The number of carbonyl (C=O) groups excluding carboxylic acids is 2. The summed E-state index contributed by atoms with van der Waals surface area (Å²) >= 11 is 0. The summed E-state index contributed by atoms with van der Waals surface area (Å²) in [4.78, 5) is 28.1. The van der Waals surface area contributed by atoms with Crippen LogP contribution in [0, 0.1) is 65.1 Å². The molecule has 11 unspecified atom stereocenters. The zero-order chi connectivity index (χ0) is 51.2. The Labute approximate surface area is 442 Å². The van der Waals surface area contributed by atoms with Crippen molar-refractivity contribution < 1.29 is 43.1 Å². The van der Waals surface area contributed by atoms with Crippen LogP contribution in [0.25, 0.3) is 0 Å². The molecule has 1 N–H and O–H groups in total. The average molecular weight is 1020 g/mol. The molecule has 5 rings (SSSR count). The van der Waals surface area contributed by atoms with E-state index < -0.39 is 0 Å². The lowest BCUT2D eigenvalue weighted by molar-refractivity contribution is -0.161. The van der Waals surface area contributed by atoms with Gasteiger partial charge in [-0.05, 0) is 187 Å². The molecule has 0 spiro atoms. The van der Waals surface area contributed by atoms with E-state index in [9.17, 15) is 14.7 Å².